The van der Waals surface area contributed by atoms with Gasteiger partial charge >= 0.3 is 0 Å². The highest BCUT2D eigenvalue weighted by molar-refractivity contribution is 9.10. The van der Waals surface area contributed by atoms with Crippen LogP contribution >= 0.6 is 27.7 Å². The van der Waals surface area contributed by atoms with Crippen LogP contribution in [-0.2, 0) is 6.54 Å². The lowest BCUT2D eigenvalue weighted by Gasteiger charge is -2.12. The first-order valence-electron chi connectivity index (χ1n) is 9.48. The average Bonchev–Trinajstić information content (AvgIpc) is 3.13. The minimum absolute atomic E-state index is 0.138. The molecule has 0 saturated heterocycles. The monoisotopic (exact) mass is 498 g/mol. The van der Waals surface area contributed by atoms with Gasteiger partial charge in [0.25, 0.3) is 5.56 Å². The molecule has 2 aromatic carbocycles. The maximum atomic E-state index is 12.6. The number of benzene rings is 2. The lowest BCUT2D eigenvalue weighted by atomic mass is 10.2. The molecule has 0 aliphatic heterocycles. The predicted octanol–water partition coefficient (Wildman–Crippen LogP) is 3.09. The van der Waals surface area contributed by atoms with Crippen LogP contribution in [0.1, 0.15) is 11.4 Å². The number of hydrogen-bond acceptors (Lipinski definition) is 7. The third-order valence-electron chi connectivity index (χ3n) is 4.50. The number of fused-ring (bicyclic) bond motifs is 1. The first-order chi connectivity index (χ1) is 15.0. The van der Waals surface area contributed by atoms with Crippen molar-refractivity contribution in [3.63, 3.8) is 0 Å². The van der Waals surface area contributed by atoms with Crippen molar-refractivity contribution in [3.8, 4) is 0 Å². The summed E-state index contributed by atoms with van der Waals surface area (Å²) in [6.45, 7) is 1.95. The fourth-order valence-corrected chi connectivity index (χ4v) is 4.03. The van der Waals surface area contributed by atoms with Crippen molar-refractivity contribution in [2.45, 2.75) is 24.7 Å². The molecule has 0 spiro atoms. The third kappa shape index (κ3) is 5.09. The van der Waals surface area contributed by atoms with Crippen molar-refractivity contribution in [1.82, 2.24) is 24.4 Å². The summed E-state index contributed by atoms with van der Waals surface area (Å²) in [6, 6.07) is 14.9. The molecule has 1 unspecified atom stereocenters. The Kier molecular flexibility index (Phi) is 6.59. The number of rotatable bonds is 7. The molecule has 158 valence electrons. The van der Waals surface area contributed by atoms with Crippen molar-refractivity contribution < 1.29 is 5.11 Å². The Balaban J connectivity index is 1.43. The molecule has 0 bridgehead atoms. The lowest BCUT2D eigenvalue weighted by Crippen LogP contribution is -2.28. The summed E-state index contributed by atoms with van der Waals surface area (Å²) in [7, 11) is 0. The normalized spacial score (nSPS) is 12.6. The number of nitrogens with zero attached hydrogens (tertiary/aromatic N) is 6. The Bertz CT molecular complexity index is 1290. The number of aliphatic hydroxyl groups is 1. The first kappa shape index (κ1) is 21.4. The second-order valence-corrected chi connectivity index (χ2v) is 8.72. The van der Waals surface area contributed by atoms with E-state index in [4.69, 9.17) is 0 Å². The zero-order valence-electron chi connectivity index (χ0n) is 16.6. The van der Waals surface area contributed by atoms with Crippen molar-refractivity contribution in [1.29, 1.82) is 0 Å². The van der Waals surface area contributed by atoms with Crippen molar-refractivity contribution in [2.75, 3.05) is 5.75 Å². The van der Waals surface area contributed by atoms with Gasteiger partial charge in [-0.25, -0.2) is 4.98 Å². The van der Waals surface area contributed by atoms with E-state index in [-0.39, 0.29) is 12.1 Å². The van der Waals surface area contributed by atoms with Crippen LogP contribution in [0.3, 0.4) is 0 Å². The molecule has 0 fully saturated rings. The van der Waals surface area contributed by atoms with Crippen molar-refractivity contribution >= 4 is 44.8 Å². The van der Waals surface area contributed by atoms with Crippen LogP contribution in [-0.4, -0.2) is 47.6 Å². The minimum Gasteiger partial charge on any atom is -0.390 e. The van der Waals surface area contributed by atoms with E-state index in [1.807, 2.05) is 37.3 Å². The Morgan fingerprint density at radius 1 is 1.19 bits per heavy atom. The van der Waals surface area contributed by atoms with Gasteiger partial charge in [-0.05, 0) is 36.8 Å². The Labute approximate surface area is 190 Å². The van der Waals surface area contributed by atoms with E-state index in [1.165, 1.54) is 22.7 Å². The minimum atomic E-state index is -0.772. The number of aryl methyl sites for hydroxylation is 1. The van der Waals surface area contributed by atoms with E-state index >= 15 is 0 Å². The van der Waals surface area contributed by atoms with Gasteiger partial charge < -0.3 is 5.11 Å². The summed E-state index contributed by atoms with van der Waals surface area (Å²) in [5.41, 5.74) is 1.41. The van der Waals surface area contributed by atoms with Crippen LogP contribution in [0.15, 0.2) is 74.4 Å². The molecule has 1 N–H and O–H groups in total. The fraction of sp³-hybridized carbons (Fsp3) is 0.190. The Hall–Kier alpha value is -2.82. The zero-order valence-corrected chi connectivity index (χ0v) is 19.0. The smallest absolute Gasteiger partial charge is 0.261 e. The highest BCUT2D eigenvalue weighted by atomic mass is 79.9. The first-order valence-corrected chi connectivity index (χ1v) is 11.3. The molecule has 8 nitrogen and oxygen atoms in total. The van der Waals surface area contributed by atoms with Crippen LogP contribution < -0.4 is 5.56 Å². The molecule has 4 aromatic rings. The van der Waals surface area contributed by atoms with Gasteiger partial charge in [0.1, 0.15) is 0 Å². The molecule has 10 heteroatoms. The standard InChI is InChI=1S/C21H19BrN6O2S/c1-14-25-26-21(28(14)24-10-15-6-8-16(22)9-7-15)31-12-17(29)11-27-13-23-19-5-3-2-4-18(19)20(27)30/h2-10,13,17,29H,11-12H2,1H3. The Morgan fingerprint density at radius 3 is 2.77 bits per heavy atom. The van der Waals surface area contributed by atoms with Gasteiger partial charge in [-0.3, -0.25) is 9.36 Å². The largest absolute Gasteiger partial charge is 0.390 e. The number of aliphatic hydroxyl groups excluding tert-OH is 1. The van der Waals surface area contributed by atoms with Gasteiger partial charge in [-0.15, -0.1) is 10.2 Å². The van der Waals surface area contributed by atoms with Gasteiger partial charge in [0.05, 0.1) is 36.1 Å². The Morgan fingerprint density at radius 2 is 1.97 bits per heavy atom. The number of aromatic nitrogens is 5. The van der Waals surface area contributed by atoms with Gasteiger partial charge in [0.15, 0.2) is 5.82 Å². The van der Waals surface area contributed by atoms with Crippen LogP contribution in [0.5, 0.6) is 0 Å². The van der Waals surface area contributed by atoms with E-state index in [1.54, 1.807) is 29.1 Å². The zero-order chi connectivity index (χ0) is 21.8. The van der Waals surface area contributed by atoms with Crippen LogP contribution in [0.2, 0.25) is 0 Å². The highest BCUT2D eigenvalue weighted by Gasteiger charge is 2.14. The summed E-state index contributed by atoms with van der Waals surface area (Å²) >= 11 is 4.74. The summed E-state index contributed by atoms with van der Waals surface area (Å²) in [6.07, 6.45) is 2.42. The van der Waals surface area contributed by atoms with E-state index in [9.17, 15) is 9.90 Å². The molecule has 0 saturated carbocycles. The average molecular weight is 499 g/mol. The van der Waals surface area contributed by atoms with Crippen LogP contribution in [0, 0.1) is 6.92 Å². The van der Waals surface area contributed by atoms with E-state index in [0.29, 0.717) is 27.6 Å². The van der Waals surface area contributed by atoms with Crippen molar-refractivity contribution in [2.24, 2.45) is 5.10 Å². The summed E-state index contributed by atoms with van der Waals surface area (Å²) < 4.78 is 4.05. The molecule has 0 aliphatic carbocycles. The van der Waals surface area contributed by atoms with Crippen molar-refractivity contribution in [3.05, 3.63) is 81.1 Å². The summed E-state index contributed by atoms with van der Waals surface area (Å²) in [5, 5.41) is 24.3. The van der Waals surface area contributed by atoms with E-state index in [0.717, 1.165) is 10.0 Å². The highest BCUT2D eigenvalue weighted by Crippen LogP contribution is 2.18. The molecule has 31 heavy (non-hydrogen) atoms. The van der Waals surface area contributed by atoms with Crippen LogP contribution in [0.4, 0.5) is 0 Å². The number of hydrogen-bond donors (Lipinski definition) is 1. The maximum absolute atomic E-state index is 12.6. The molecule has 0 amide bonds. The molecule has 0 aliphatic rings. The van der Waals surface area contributed by atoms with Crippen LogP contribution in [0.25, 0.3) is 10.9 Å². The molecule has 4 rings (SSSR count). The second-order valence-electron chi connectivity index (χ2n) is 6.82. The van der Waals surface area contributed by atoms with E-state index < -0.39 is 6.10 Å². The topological polar surface area (TPSA) is 98.2 Å². The van der Waals surface area contributed by atoms with Gasteiger partial charge in [0, 0.05) is 10.2 Å². The molecular formula is C21H19BrN6O2S. The predicted molar refractivity (Wildman–Crippen MR) is 125 cm³/mol. The van der Waals surface area contributed by atoms with Gasteiger partial charge in [-0.2, -0.15) is 9.78 Å². The lowest BCUT2D eigenvalue weighted by molar-refractivity contribution is 0.176. The quantitative estimate of drug-likeness (QED) is 0.310. The number of para-hydroxylation sites is 1. The molecule has 2 aromatic heterocycles. The molecule has 0 radical (unpaired) electrons. The van der Waals surface area contributed by atoms with Gasteiger partial charge in [0.2, 0.25) is 5.16 Å². The molecule has 2 heterocycles. The van der Waals surface area contributed by atoms with Gasteiger partial charge in [-0.1, -0.05) is 52.0 Å². The fourth-order valence-electron chi connectivity index (χ4n) is 2.92. The maximum Gasteiger partial charge on any atom is 0.261 e. The van der Waals surface area contributed by atoms with E-state index in [2.05, 4.69) is 36.2 Å². The molecule has 1 atom stereocenters. The summed E-state index contributed by atoms with van der Waals surface area (Å²) in [4.78, 5) is 16.9. The number of halogens is 1. The number of thioether (sulfide) groups is 1. The SMILES string of the molecule is Cc1nnc(SCC(O)Cn2cnc3ccccc3c2=O)n1N=Cc1ccc(Br)cc1. The summed E-state index contributed by atoms with van der Waals surface area (Å²) in [5.74, 6) is 0.964. The molecular weight excluding hydrogens is 480 g/mol. The second kappa shape index (κ2) is 9.54. The third-order valence-corrected chi connectivity index (χ3v) is 6.10.